The van der Waals surface area contributed by atoms with E-state index in [4.69, 9.17) is 0 Å². The highest BCUT2D eigenvalue weighted by Crippen LogP contribution is 2.38. The van der Waals surface area contributed by atoms with E-state index in [0.717, 1.165) is 69.8 Å². The summed E-state index contributed by atoms with van der Waals surface area (Å²) in [5.41, 5.74) is 0.844. The Hall–Kier alpha value is -2.15. The second-order valence-electron chi connectivity index (χ2n) is 8.63. The zero-order valence-corrected chi connectivity index (χ0v) is 18.2. The van der Waals surface area contributed by atoms with Gasteiger partial charge in [-0.15, -0.1) is 0 Å². The van der Waals surface area contributed by atoms with Crippen LogP contribution in [0.4, 0.5) is 0 Å². The molecule has 7 heteroatoms. The van der Waals surface area contributed by atoms with E-state index in [9.17, 15) is 4.79 Å². The molecule has 1 aliphatic heterocycles. The van der Waals surface area contributed by atoms with Crippen LogP contribution in [0.2, 0.25) is 0 Å². The molecule has 0 bridgehead atoms. The number of rotatable bonds is 6. The van der Waals surface area contributed by atoms with Gasteiger partial charge in [-0.25, -0.2) is 0 Å². The van der Waals surface area contributed by atoms with Gasteiger partial charge in [0.1, 0.15) is 0 Å². The molecule has 1 aromatic heterocycles. The van der Waals surface area contributed by atoms with Crippen molar-refractivity contribution in [1.29, 1.82) is 0 Å². The number of hydrogen-bond donors (Lipinski definition) is 2. The summed E-state index contributed by atoms with van der Waals surface area (Å²) in [4.78, 5) is 25.8. The summed E-state index contributed by atoms with van der Waals surface area (Å²) >= 11 is 0. The quantitative estimate of drug-likeness (QED) is 0.563. The molecular weight excluding hydrogens is 364 g/mol. The molecule has 1 saturated carbocycles. The van der Waals surface area contributed by atoms with E-state index in [1.807, 2.05) is 32.4 Å². The number of carbonyl (C=O) groups excluding carboxylic acids is 1. The fourth-order valence-corrected chi connectivity index (χ4v) is 4.59. The Bertz CT molecular complexity index is 676. The lowest BCUT2D eigenvalue weighted by Gasteiger charge is -2.34. The zero-order valence-electron chi connectivity index (χ0n) is 18.2. The Morgan fingerprint density at radius 2 is 2.00 bits per heavy atom. The van der Waals surface area contributed by atoms with Crippen molar-refractivity contribution in [3.8, 4) is 0 Å². The first kappa shape index (κ1) is 21.6. The molecule has 2 fully saturated rings. The van der Waals surface area contributed by atoms with E-state index in [1.54, 1.807) is 11.9 Å². The zero-order chi connectivity index (χ0) is 20.7. The Balaban J connectivity index is 1.46. The first-order valence-electron chi connectivity index (χ1n) is 10.8. The SMILES string of the molecule is CN=C(NCC1(C(=O)N(C)C)CCCC1)NC1CCN(Cc2ccccn2)CC1. The summed E-state index contributed by atoms with van der Waals surface area (Å²) in [5.74, 6) is 1.05. The van der Waals surface area contributed by atoms with Crippen molar-refractivity contribution in [2.75, 3.05) is 40.8 Å². The van der Waals surface area contributed by atoms with Gasteiger partial charge >= 0.3 is 0 Å². The summed E-state index contributed by atoms with van der Waals surface area (Å²) in [6.07, 6.45) is 8.19. The van der Waals surface area contributed by atoms with Gasteiger partial charge in [0.25, 0.3) is 0 Å². The first-order chi connectivity index (χ1) is 14.0. The largest absolute Gasteiger partial charge is 0.355 e. The van der Waals surface area contributed by atoms with Crippen LogP contribution in [0.1, 0.15) is 44.2 Å². The summed E-state index contributed by atoms with van der Waals surface area (Å²) in [6, 6.07) is 6.50. The number of carbonyl (C=O) groups is 1. The van der Waals surface area contributed by atoms with Crippen molar-refractivity contribution in [2.24, 2.45) is 10.4 Å². The standard InChI is InChI=1S/C22H36N6O/c1-23-21(25-17-22(11-5-6-12-22)20(29)27(2)3)26-18-9-14-28(15-10-18)16-19-8-4-7-13-24-19/h4,7-8,13,18H,5-6,9-12,14-17H2,1-3H3,(H2,23,25,26). The van der Waals surface area contributed by atoms with Gasteiger partial charge in [-0.2, -0.15) is 0 Å². The van der Waals surface area contributed by atoms with Crippen molar-refractivity contribution in [3.63, 3.8) is 0 Å². The van der Waals surface area contributed by atoms with E-state index >= 15 is 0 Å². The highest BCUT2D eigenvalue weighted by atomic mass is 16.2. The molecule has 2 heterocycles. The van der Waals surface area contributed by atoms with Gasteiger partial charge in [-0.1, -0.05) is 18.9 Å². The molecule has 1 aliphatic carbocycles. The molecule has 0 spiro atoms. The fourth-order valence-electron chi connectivity index (χ4n) is 4.59. The molecule has 0 unspecified atom stereocenters. The lowest BCUT2D eigenvalue weighted by Crippen LogP contribution is -2.52. The normalized spacial score (nSPS) is 20.4. The van der Waals surface area contributed by atoms with Gasteiger partial charge in [0, 0.05) is 59.6 Å². The monoisotopic (exact) mass is 400 g/mol. The number of nitrogens with zero attached hydrogens (tertiary/aromatic N) is 4. The van der Waals surface area contributed by atoms with Crippen molar-refractivity contribution in [1.82, 2.24) is 25.4 Å². The number of likely N-dealkylation sites (tertiary alicyclic amines) is 1. The maximum Gasteiger partial charge on any atom is 0.230 e. The molecular formula is C22H36N6O. The van der Waals surface area contributed by atoms with E-state index < -0.39 is 0 Å². The third-order valence-corrected chi connectivity index (χ3v) is 6.28. The molecule has 2 N–H and O–H groups in total. The summed E-state index contributed by atoms with van der Waals surface area (Å²) < 4.78 is 0. The Morgan fingerprint density at radius 3 is 2.59 bits per heavy atom. The third-order valence-electron chi connectivity index (χ3n) is 6.28. The predicted octanol–water partition coefficient (Wildman–Crippen LogP) is 1.86. The first-order valence-corrected chi connectivity index (χ1v) is 10.8. The van der Waals surface area contributed by atoms with Gasteiger partial charge < -0.3 is 15.5 Å². The molecule has 1 amide bonds. The van der Waals surface area contributed by atoms with E-state index in [-0.39, 0.29) is 11.3 Å². The molecule has 7 nitrogen and oxygen atoms in total. The molecule has 29 heavy (non-hydrogen) atoms. The van der Waals surface area contributed by atoms with Gasteiger partial charge in [0.15, 0.2) is 5.96 Å². The molecule has 0 atom stereocenters. The van der Waals surface area contributed by atoms with E-state index in [0.29, 0.717) is 12.6 Å². The van der Waals surface area contributed by atoms with Crippen molar-refractivity contribution >= 4 is 11.9 Å². The highest BCUT2D eigenvalue weighted by molar-refractivity contribution is 5.85. The lowest BCUT2D eigenvalue weighted by molar-refractivity contribution is -0.138. The predicted molar refractivity (Wildman–Crippen MR) is 117 cm³/mol. The third kappa shape index (κ3) is 5.69. The molecule has 3 rings (SSSR count). The van der Waals surface area contributed by atoms with Crippen LogP contribution in [0.5, 0.6) is 0 Å². The molecule has 1 saturated heterocycles. The van der Waals surface area contributed by atoms with Gasteiger partial charge in [0.2, 0.25) is 5.91 Å². The maximum absolute atomic E-state index is 12.8. The van der Waals surface area contributed by atoms with Crippen molar-refractivity contribution in [2.45, 2.75) is 51.1 Å². The minimum absolute atomic E-state index is 0.237. The van der Waals surface area contributed by atoms with Crippen LogP contribution in [0.25, 0.3) is 0 Å². The minimum Gasteiger partial charge on any atom is -0.355 e. The average molecular weight is 401 g/mol. The second kappa shape index (κ2) is 10.1. The van der Waals surface area contributed by atoms with E-state index in [1.165, 1.54) is 0 Å². The van der Waals surface area contributed by atoms with Gasteiger partial charge in [-0.05, 0) is 37.8 Å². The van der Waals surface area contributed by atoms with Crippen LogP contribution in [-0.2, 0) is 11.3 Å². The molecule has 2 aliphatic rings. The van der Waals surface area contributed by atoms with Crippen LogP contribution >= 0.6 is 0 Å². The molecule has 1 aromatic rings. The number of amides is 1. The Morgan fingerprint density at radius 1 is 1.28 bits per heavy atom. The second-order valence-corrected chi connectivity index (χ2v) is 8.63. The summed E-state index contributed by atoms with van der Waals surface area (Å²) in [6.45, 7) is 3.67. The number of hydrogen-bond acceptors (Lipinski definition) is 4. The number of nitrogens with one attached hydrogen (secondary N) is 2. The highest BCUT2D eigenvalue weighted by Gasteiger charge is 2.42. The van der Waals surface area contributed by atoms with Crippen LogP contribution in [0, 0.1) is 5.41 Å². The molecule has 160 valence electrons. The Labute approximate surface area is 175 Å². The number of pyridine rings is 1. The van der Waals surface area contributed by atoms with Crippen LogP contribution in [0.15, 0.2) is 29.4 Å². The minimum atomic E-state index is -0.285. The fraction of sp³-hybridized carbons (Fsp3) is 0.682. The van der Waals surface area contributed by atoms with Crippen molar-refractivity contribution < 1.29 is 4.79 Å². The lowest BCUT2D eigenvalue weighted by atomic mass is 9.84. The maximum atomic E-state index is 12.8. The van der Waals surface area contributed by atoms with E-state index in [2.05, 4.69) is 31.6 Å². The summed E-state index contributed by atoms with van der Waals surface area (Å²) in [7, 11) is 5.52. The molecule has 0 radical (unpaired) electrons. The number of aliphatic imine (C=N–C) groups is 1. The molecule has 0 aromatic carbocycles. The van der Waals surface area contributed by atoms with Crippen LogP contribution < -0.4 is 10.6 Å². The number of guanidine groups is 1. The average Bonchev–Trinajstić information content (AvgIpc) is 3.22. The number of piperidine rings is 1. The Kier molecular flexibility index (Phi) is 7.47. The van der Waals surface area contributed by atoms with Gasteiger partial charge in [-0.3, -0.25) is 19.7 Å². The van der Waals surface area contributed by atoms with Crippen LogP contribution in [-0.4, -0.2) is 73.5 Å². The van der Waals surface area contributed by atoms with Gasteiger partial charge in [0.05, 0.1) is 11.1 Å². The number of aromatic nitrogens is 1. The summed E-state index contributed by atoms with van der Waals surface area (Å²) in [5, 5.41) is 7.03. The smallest absolute Gasteiger partial charge is 0.230 e. The van der Waals surface area contributed by atoms with Crippen molar-refractivity contribution in [3.05, 3.63) is 30.1 Å². The topological polar surface area (TPSA) is 72.9 Å². The van der Waals surface area contributed by atoms with Crippen LogP contribution in [0.3, 0.4) is 0 Å².